The first-order valence-corrected chi connectivity index (χ1v) is 12.0. The number of benzene rings is 1. The Morgan fingerprint density at radius 3 is 2.13 bits per heavy atom. The van der Waals surface area contributed by atoms with E-state index < -0.39 is 10.0 Å². The molecular weight excluding hydrogens is 448 g/mol. The summed E-state index contributed by atoms with van der Waals surface area (Å²) in [6.45, 7) is 2.31. The summed E-state index contributed by atoms with van der Waals surface area (Å²) in [4.78, 5) is 38.1. The van der Waals surface area contributed by atoms with Gasteiger partial charge in [-0.15, -0.1) is 11.3 Å². The smallest absolute Gasteiger partial charge is 0.243 e. The number of piperazine rings is 1. The molecule has 0 radical (unpaired) electrons. The van der Waals surface area contributed by atoms with Crippen molar-refractivity contribution in [2.75, 3.05) is 26.2 Å². The van der Waals surface area contributed by atoms with Crippen molar-refractivity contribution in [1.29, 1.82) is 0 Å². The maximum Gasteiger partial charge on any atom is 0.243 e. The van der Waals surface area contributed by atoms with E-state index in [2.05, 4.69) is 0 Å². The van der Waals surface area contributed by atoms with Crippen LogP contribution in [0.3, 0.4) is 0 Å². The highest BCUT2D eigenvalue weighted by atomic mass is 35.5. The summed E-state index contributed by atoms with van der Waals surface area (Å²) in [6.07, 6.45) is 0.171. The van der Waals surface area contributed by atoms with E-state index in [9.17, 15) is 22.8 Å². The van der Waals surface area contributed by atoms with Crippen molar-refractivity contribution in [3.63, 3.8) is 0 Å². The molecular formula is C20H21ClN2O5S2. The quantitative estimate of drug-likeness (QED) is 0.582. The zero-order valence-corrected chi connectivity index (χ0v) is 18.7. The zero-order chi connectivity index (χ0) is 21.9. The van der Waals surface area contributed by atoms with E-state index in [0.717, 1.165) is 0 Å². The number of hydrogen-bond donors (Lipinski definition) is 0. The van der Waals surface area contributed by atoms with Crippen molar-refractivity contribution in [2.45, 2.75) is 24.7 Å². The summed E-state index contributed by atoms with van der Waals surface area (Å²) >= 11 is 7.01. The fourth-order valence-electron chi connectivity index (χ4n) is 3.15. The minimum absolute atomic E-state index is 0.0770. The first-order chi connectivity index (χ1) is 14.2. The van der Waals surface area contributed by atoms with Crippen LogP contribution >= 0.6 is 22.9 Å². The maximum atomic E-state index is 12.8. The number of carbonyl (C=O) groups excluding carboxylic acids is 3. The molecule has 1 aliphatic rings. The van der Waals surface area contributed by atoms with Crippen LogP contribution in [0.2, 0.25) is 4.34 Å². The van der Waals surface area contributed by atoms with Crippen molar-refractivity contribution < 1.29 is 22.8 Å². The molecule has 30 heavy (non-hydrogen) atoms. The van der Waals surface area contributed by atoms with Crippen LogP contribution in [0, 0.1) is 0 Å². The van der Waals surface area contributed by atoms with Crippen molar-refractivity contribution >= 4 is 50.4 Å². The third-order valence-electron chi connectivity index (χ3n) is 4.90. The second-order valence-electron chi connectivity index (χ2n) is 6.89. The van der Waals surface area contributed by atoms with Crippen LogP contribution < -0.4 is 0 Å². The van der Waals surface area contributed by atoms with Gasteiger partial charge in [0.1, 0.15) is 0 Å². The van der Waals surface area contributed by atoms with Gasteiger partial charge in [0.2, 0.25) is 15.9 Å². The van der Waals surface area contributed by atoms with Crippen molar-refractivity contribution in [2.24, 2.45) is 0 Å². The molecule has 0 unspecified atom stereocenters. The highest BCUT2D eigenvalue weighted by Gasteiger charge is 2.30. The number of nitrogens with zero attached hydrogens (tertiary/aromatic N) is 2. The molecule has 1 fully saturated rings. The molecule has 1 aromatic heterocycles. The predicted octanol–water partition coefficient (Wildman–Crippen LogP) is 3.10. The van der Waals surface area contributed by atoms with Gasteiger partial charge in [0.25, 0.3) is 0 Å². The highest BCUT2D eigenvalue weighted by Crippen LogP contribution is 2.23. The summed E-state index contributed by atoms with van der Waals surface area (Å²) in [5, 5.41) is 0. The van der Waals surface area contributed by atoms with E-state index in [1.807, 2.05) is 0 Å². The second kappa shape index (κ2) is 9.38. The number of Topliss-reactive ketones (excluding diaryl/α,β-unsaturated/α-hetero) is 2. The molecule has 0 saturated carbocycles. The standard InChI is InChI=1S/C20H21ClN2O5S2/c1-14(24)15-2-4-16(5-3-15)30(27,28)23-12-10-22(11-13-23)20(26)9-6-17(25)18-7-8-19(21)29-18/h2-5,7-8H,6,9-13H2,1H3. The summed E-state index contributed by atoms with van der Waals surface area (Å²) in [5.74, 6) is -0.434. The average molecular weight is 469 g/mol. The fourth-order valence-corrected chi connectivity index (χ4v) is 5.59. The molecule has 160 valence electrons. The molecule has 2 aromatic rings. The summed E-state index contributed by atoms with van der Waals surface area (Å²) in [6, 6.07) is 9.12. The molecule has 1 amide bonds. The molecule has 1 aliphatic heterocycles. The third kappa shape index (κ3) is 5.15. The Bertz CT molecular complexity index is 1060. The second-order valence-corrected chi connectivity index (χ2v) is 10.5. The van der Waals surface area contributed by atoms with Crippen LogP contribution in [0.5, 0.6) is 0 Å². The van der Waals surface area contributed by atoms with Gasteiger partial charge in [0, 0.05) is 44.6 Å². The lowest BCUT2D eigenvalue weighted by atomic mass is 10.1. The van der Waals surface area contributed by atoms with Gasteiger partial charge in [0.15, 0.2) is 11.6 Å². The molecule has 0 bridgehead atoms. The van der Waals surface area contributed by atoms with Gasteiger partial charge < -0.3 is 4.90 Å². The van der Waals surface area contributed by atoms with E-state index in [1.54, 1.807) is 17.0 Å². The molecule has 7 nitrogen and oxygen atoms in total. The number of thiophene rings is 1. The Kier molecular flexibility index (Phi) is 7.07. The fraction of sp³-hybridized carbons (Fsp3) is 0.350. The topological polar surface area (TPSA) is 91.8 Å². The molecule has 0 atom stereocenters. The maximum absolute atomic E-state index is 12.8. The lowest BCUT2D eigenvalue weighted by Gasteiger charge is -2.34. The number of ketones is 2. The number of carbonyl (C=O) groups is 3. The van der Waals surface area contributed by atoms with E-state index in [-0.39, 0.29) is 61.4 Å². The Morgan fingerprint density at radius 2 is 1.60 bits per heavy atom. The predicted molar refractivity (Wildman–Crippen MR) is 115 cm³/mol. The Labute approximate surface area is 184 Å². The van der Waals surface area contributed by atoms with E-state index in [1.165, 1.54) is 46.8 Å². The number of hydrogen-bond acceptors (Lipinski definition) is 6. The lowest BCUT2D eigenvalue weighted by molar-refractivity contribution is -0.132. The molecule has 1 aromatic carbocycles. The lowest BCUT2D eigenvalue weighted by Crippen LogP contribution is -2.50. The molecule has 10 heteroatoms. The van der Waals surface area contributed by atoms with Gasteiger partial charge >= 0.3 is 0 Å². The van der Waals surface area contributed by atoms with Gasteiger partial charge in [0.05, 0.1) is 14.1 Å². The van der Waals surface area contributed by atoms with Gasteiger partial charge in [-0.1, -0.05) is 23.7 Å². The number of halogens is 1. The highest BCUT2D eigenvalue weighted by molar-refractivity contribution is 7.89. The van der Waals surface area contributed by atoms with Crippen LogP contribution in [-0.2, 0) is 14.8 Å². The van der Waals surface area contributed by atoms with Crippen molar-refractivity contribution in [3.05, 3.63) is 51.2 Å². The Morgan fingerprint density at radius 1 is 0.967 bits per heavy atom. The number of amides is 1. The molecule has 1 saturated heterocycles. The van der Waals surface area contributed by atoms with Crippen LogP contribution in [0.25, 0.3) is 0 Å². The molecule has 3 rings (SSSR count). The minimum atomic E-state index is -3.69. The summed E-state index contributed by atoms with van der Waals surface area (Å²) < 4.78 is 27.5. The molecule has 0 aliphatic carbocycles. The summed E-state index contributed by atoms with van der Waals surface area (Å²) in [7, 11) is -3.69. The molecule has 0 N–H and O–H groups in total. The average Bonchev–Trinajstić information content (AvgIpc) is 3.18. The van der Waals surface area contributed by atoms with Gasteiger partial charge in [-0.2, -0.15) is 4.31 Å². The SMILES string of the molecule is CC(=O)c1ccc(S(=O)(=O)N2CCN(C(=O)CCC(=O)c3ccc(Cl)s3)CC2)cc1. The molecule has 0 spiro atoms. The van der Waals surface area contributed by atoms with E-state index in [4.69, 9.17) is 11.6 Å². The largest absolute Gasteiger partial charge is 0.340 e. The minimum Gasteiger partial charge on any atom is -0.340 e. The normalized spacial score (nSPS) is 15.2. The van der Waals surface area contributed by atoms with Crippen LogP contribution in [-0.4, -0.2) is 61.3 Å². The summed E-state index contributed by atoms with van der Waals surface area (Å²) in [5.41, 5.74) is 0.448. The van der Waals surface area contributed by atoms with Crippen molar-refractivity contribution in [1.82, 2.24) is 9.21 Å². The van der Waals surface area contributed by atoms with Crippen LogP contribution in [0.1, 0.15) is 39.8 Å². The molecule has 2 heterocycles. The monoisotopic (exact) mass is 468 g/mol. The van der Waals surface area contributed by atoms with E-state index in [0.29, 0.717) is 14.8 Å². The Hall–Kier alpha value is -2.07. The van der Waals surface area contributed by atoms with Crippen LogP contribution in [0.15, 0.2) is 41.3 Å². The first kappa shape index (κ1) is 22.6. The van der Waals surface area contributed by atoms with E-state index >= 15 is 0 Å². The van der Waals surface area contributed by atoms with Gasteiger partial charge in [-0.05, 0) is 31.2 Å². The third-order valence-corrected chi connectivity index (χ3v) is 8.09. The number of rotatable bonds is 7. The van der Waals surface area contributed by atoms with Crippen molar-refractivity contribution in [3.8, 4) is 0 Å². The van der Waals surface area contributed by atoms with Gasteiger partial charge in [-0.3, -0.25) is 14.4 Å². The number of sulfonamides is 1. The Balaban J connectivity index is 1.53. The zero-order valence-electron chi connectivity index (χ0n) is 16.3. The van der Waals surface area contributed by atoms with Gasteiger partial charge in [-0.25, -0.2) is 8.42 Å². The first-order valence-electron chi connectivity index (χ1n) is 9.36. The van der Waals surface area contributed by atoms with Crippen LogP contribution in [0.4, 0.5) is 0 Å².